The number of pyridine rings is 1. The van der Waals surface area contributed by atoms with Gasteiger partial charge in [-0.25, -0.2) is 9.78 Å². The van der Waals surface area contributed by atoms with Gasteiger partial charge in [0.25, 0.3) is 0 Å². The molecule has 2 aromatic carbocycles. The molecule has 1 saturated carbocycles. The van der Waals surface area contributed by atoms with Crippen LogP contribution in [0.2, 0.25) is 0 Å². The molecule has 1 aromatic heterocycles. The van der Waals surface area contributed by atoms with Crippen molar-refractivity contribution in [1.82, 2.24) is 4.98 Å². The van der Waals surface area contributed by atoms with Crippen LogP contribution in [0.1, 0.15) is 41.6 Å². The van der Waals surface area contributed by atoms with Gasteiger partial charge in [0.15, 0.2) is 0 Å². The van der Waals surface area contributed by atoms with Gasteiger partial charge in [0.2, 0.25) is 5.91 Å². The van der Waals surface area contributed by atoms with Gasteiger partial charge in [-0.15, -0.1) is 0 Å². The van der Waals surface area contributed by atoms with E-state index < -0.39 is 5.97 Å². The van der Waals surface area contributed by atoms with Crippen LogP contribution in [0.5, 0.6) is 0 Å². The van der Waals surface area contributed by atoms with Crippen LogP contribution >= 0.6 is 0 Å². The molecule has 164 valence electrons. The first kappa shape index (κ1) is 20.5. The molecule has 2 N–H and O–H groups in total. The predicted molar refractivity (Wildman–Crippen MR) is 125 cm³/mol. The molecule has 2 aliphatic rings. The highest BCUT2D eigenvalue weighted by Gasteiger charge is 2.29. The normalized spacial score (nSPS) is 16.8. The summed E-state index contributed by atoms with van der Waals surface area (Å²) in [5.41, 5.74) is 2.84. The van der Waals surface area contributed by atoms with E-state index in [2.05, 4.69) is 34.5 Å². The Balaban J connectivity index is 1.34. The number of nitrogens with zero attached hydrogens (tertiary/aromatic N) is 2. The number of carbonyl (C=O) groups is 2. The highest BCUT2D eigenvalue weighted by Crippen LogP contribution is 2.32. The number of fused-ring (bicyclic) bond motifs is 1. The molecule has 0 bridgehead atoms. The number of carboxylic acids is 1. The lowest BCUT2D eigenvalue weighted by Crippen LogP contribution is -2.35. The van der Waals surface area contributed by atoms with Crippen molar-refractivity contribution in [2.45, 2.75) is 32.1 Å². The van der Waals surface area contributed by atoms with Crippen LogP contribution in [0.25, 0.3) is 10.9 Å². The van der Waals surface area contributed by atoms with E-state index in [9.17, 15) is 14.7 Å². The third-order valence-corrected chi connectivity index (χ3v) is 6.55. The Morgan fingerprint density at radius 3 is 2.44 bits per heavy atom. The van der Waals surface area contributed by atoms with Gasteiger partial charge in [-0.2, -0.15) is 0 Å². The zero-order chi connectivity index (χ0) is 22.1. The second-order valence-electron chi connectivity index (χ2n) is 8.95. The van der Waals surface area contributed by atoms with Crippen molar-refractivity contribution in [3.05, 3.63) is 65.7 Å². The Morgan fingerprint density at radius 1 is 1.00 bits per heavy atom. The minimum absolute atomic E-state index is 0.00387. The molecule has 0 atom stereocenters. The fourth-order valence-electron chi connectivity index (χ4n) is 4.53. The maximum Gasteiger partial charge on any atom is 0.336 e. The number of hydrogen-bond acceptors (Lipinski definition) is 4. The summed E-state index contributed by atoms with van der Waals surface area (Å²) in [6.45, 7) is 1.73. The minimum Gasteiger partial charge on any atom is -0.478 e. The van der Waals surface area contributed by atoms with Crippen LogP contribution in [-0.4, -0.2) is 35.1 Å². The zero-order valence-corrected chi connectivity index (χ0v) is 18.0. The second kappa shape index (κ2) is 8.61. The summed E-state index contributed by atoms with van der Waals surface area (Å²) < 4.78 is 0. The van der Waals surface area contributed by atoms with E-state index >= 15 is 0 Å². The number of hydrogen-bond donors (Lipinski definition) is 2. The van der Waals surface area contributed by atoms with Crippen molar-refractivity contribution in [3.8, 4) is 0 Å². The largest absolute Gasteiger partial charge is 0.478 e. The van der Waals surface area contributed by atoms with Crippen molar-refractivity contribution in [1.29, 1.82) is 0 Å². The summed E-state index contributed by atoms with van der Waals surface area (Å²) in [5.74, 6) is 0.455. The monoisotopic (exact) mass is 429 g/mol. The fraction of sp³-hybridized carbons (Fsp3) is 0.346. The van der Waals surface area contributed by atoms with Crippen LogP contribution in [0.3, 0.4) is 0 Å². The number of carbonyl (C=O) groups excluding carboxylic acids is 1. The lowest BCUT2D eigenvalue weighted by atomic mass is 9.90. The number of aromatic nitrogens is 1. The van der Waals surface area contributed by atoms with Crippen LogP contribution in [0.15, 0.2) is 54.6 Å². The lowest BCUT2D eigenvalue weighted by Gasteiger charge is -2.33. The summed E-state index contributed by atoms with van der Waals surface area (Å²) in [7, 11) is 0. The van der Waals surface area contributed by atoms with Crippen LogP contribution in [0.4, 0.5) is 11.5 Å². The number of piperidine rings is 1. The first-order valence-electron chi connectivity index (χ1n) is 11.3. The Labute approximate surface area is 187 Å². The van der Waals surface area contributed by atoms with Gasteiger partial charge in [0.1, 0.15) is 5.82 Å². The van der Waals surface area contributed by atoms with E-state index in [1.807, 2.05) is 6.07 Å². The van der Waals surface area contributed by atoms with Gasteiger partial charge < -0.3 is 15.3 Å². The van der Waals surface area contributed by atoms with E-state index in [4.69, 9.17) is 4.98 Å². The topological polar surface area (TPSA) is 82.5 Å². The number of benzene rings is 2. The molecule has 32 heavy (non-hydrogen) atoms. The molecule has 2 fully saturated rings. The Kier molecular flexibility index (Phi) is 5.52. The molecule has 1 saturated heterocycles. The molecule has 5 rings (SSSR count). The standard InChI is InChI=1S/C26H27N3O3/c30-25(19-6-7-19)27-20-8-9-23-21(15-20)22(26(31)32)16-24(28-23)29-12-10-18(11-13-29)14-17-4-2-1-3-5-17/h1-5,8-9,15-16,18-19H,6-7,10-14H2,(H,27,30)(H,31,32). The molecular weight excluding hydrogens is 402 g/mol. The average molecular weight is 430 g/mol. The molecule has 0 spiro atoms. The van der Waals surface area contributed by atoms with Crippen molar-refractivity contribution < 1.29 is 14.7 Å². The Morgan fingerprint density at radius 2 is 1.75 bits per heavy atom. The van der Waals surface area contributed by atoms with Crippen molar-refractivity contribution >= 4 is 34.3 Å². The molecule has 1 amide bonds. The van der Waals surface area contributed by atoms with E-state index in [1.54, 1.807) is 24.3 Å². The summed E-state index contributed by atoms with van der Waals surface area (Å²) in [4.78, 5) is 31.1. The summed E-state index contributed by atoms with van der Waals surface area (Å²) in [5, 5.41) is 13.3. The van der Waals surface area contributed by atoms with Crippen LogP contribution in [0, 0.1) is 11.8 Å². The van der Waals surface area contributed by atoms with E-state index in [-0.39, 0.29) is 17.4 Å². The highest BCUT2D eigenvalue weighted by atomic mass is 16.4. The average Bonchev–Trinajstić information content (AvgIpc) is 3.65. The lowest BCUT2D eigenvalue weighted by molar-refractivity contribution is -0.117. The highest BCUT2D eigenvalue weighted by molar-refractivity contribution is 6.05. The summed E-state index contributed by atoms with van der Waals surface area (Å²) in [6.07, 6.45) is 5.04. The minimum atomic E-state index is -0.983. The molecule has 0 unspecified atom stereocenters. The molecule has 1 aliphatic carbocycles. The first-order chi connectivity index (χ1) is 15.6. The molecule has 0 radical (unpaired) electrons. The Hall–Kier alpha value is -3.41. The number of carboxylic acid groups (broad SMARTS) is 1. The smallest absolute Gasteiger partial charge is 0.336 e. The Bertz CT molecular complexity index is 1150. The maximum absolute atomic E-state index is 12.1. The van der Waals surface area contributed by atoms with Gasteiger partial charge in [-0.05, 0) is 67.9 Å². The van der Waals surface area contributed by atoms with Gasteiger partial charge in [0, 0.05) is 30.1 Å². The number of amides is 1. The SMILES string of the molecule is O=C(O)c1cc(N2CCC(Cc3ccccc3)CC2)nc2ccc(NC(=O)C3CC3)cc12. The van der Waals surface area contributed by atoms with Gasteiger partial charge in [0.05, 0.1) is 11.1 Å². The molecule has 6 nitrogen and oxygen atoms in total. The van der Waals surface area contributed by atoms with Crippen LogP contribution in [-0.2, 0) is 11.2 Å². The van der Waals surface area contributed by atoms with Gasteiger partial charge in [-0.3, -0.25) is 4.79 Å². The molecule has 6 heteroatoms. The molecule has 2 heterocycles. The van der Waals surface area contributed by atoms with E-state index in [1.165, 1.54) is 5.56 Å². The van der Waals surface area contributed by atoms with Gasteiger partial charge >= 0.3 is 5.97 Å². The maximum atomic E-state index is 12.1. The van der Waals surface area contributed by atoms with Crippen LogP contribution < -0.4 is 10.2 Å². The zero-order valence-electron chi connectivity index (χ0n) is 18.0. The third-order valence-electron chi connectivity index (χ3n) is 6.55. The molecule has 1 aliphatic heterocycles. The van der Waals surface area contributed by atoms with Crippen molar-refractivity contribution in [2.24, 2.45) is 11.8 Å². The summed E-state index contributed by atoms with van der Waals surface area (Å²) in [6, 6.07) is 17.6. The number of rotatable bonds is 6. The predicted octanol–water partition coefficient (Wildman–Crippen LogP) is 4.74. The van der Waals surface area contributed by atoms with Crippen molar-refractivity contribution in [3.63, 3.8) is 0 Å². The van der Waals surface area contributed by atoms with E-state index in [0.29, 0.717) is 28.3 Å². The number of aromatic carboxylic acids is 1. The number of anilines is 2. The van der Waals surface area contributed by atoms with Gasteiger partial charge in [-0.1, -0.05) is 30.3 Å². The quantitative estimate of drug-likeness (QED) is 0.591. The third kappa shape index (κ3) is 4.44. The first-order valence-corrected chi connectivity index (χ1v) is 11.3. The molecule has 3 aromatic rings. The fourth-order valence-corrected chi connectivity index (χ4v) is 4.53. The summed E-state index contributed by atoms with van der Waals surface area (Å²) >= 11 is 0. The number of nitrogens with one attached hydrogen (secondary N) is 1. The second-order valence-corrected chi connectivity index (χ2v) is 8.95. The van der Waals surface area contributed by atoms with E-state index in [0.717, 1.165) is 45.2 Å². The molecular formula is C26H27N3O3. The van der Waals surface area contributed by atoms with Crippen molar-refractivity contribution in [2.75, 3.05) is 23.3 Å².